The van der Waals surface area contributed by atoms with E-state index in [0.717, 1.165) is 5.69 Å². The lowest BCUT2D eigenvalue weighted by molar-refractivity contribution is -0.115. The van der Waals surface area contributed by atoms with Gasteiger partial charge in [0.1, 0.15) is 5.69 Å². The van der Waals surface area contributed by atoms with Crippen LogP contribution in [0.5, 0.6) is 5.88 Å². The van der Waals surface area contributed by atoms with Gasteiger partial charge in [0.25, 0.3) is 0 Å². The maximum Gasteiger partial charge on any atom is 0.239 e. The van der Waals surface area contributed by atoms with Gasteiger partial charge in [0, 0.05) is 20.3 Å². The van der Waals surface area contributed by atoms with Crippen molar-refractivity contribution in [2.24, 2.45) is 0 Å². The molecule has 6 heteroatoms. The number of nitrogens with one attached hydrogen (secondary N) is 2. The second kappa shape index (κ2) is 7.24. The van der Waals surface area contributed by atoms with E-state index in [4.69, 9.17) is 11.2 Å². The first-order valence-electron chi connectivity index (χ1n) is 5.74. The van der Waals surface area contributed by atoms with Crippen molar-refractivity contribution in [2.75, 3.05) is 44.5 Å². The molecular weight excluding hydrogens is 244 g/mol. The highest BCUT2D eigenvalue weighted by Crippen LogP contribution is 2.31. The topological polar surface area (TPSA) is 66.5 Å². The summed E-state index contributed by atoms with van der Waals surface area (Å²) in [6.45, 7) is 0.479. The van der Waals surface area contributed by atoms with E-state index in [-0.39, 0.29) is 12.5 Å². The lowest BCUT2D eigenvalue weighted by atomic mass is 10.3. The zero-order valence-electron chi connectivity index (χ0n) is 11.4. The summed E-state index contributed by atoms with van der Waals surface area (Å²) in [7, 11) is 5.26. The molecule has 0 atom stereocenters. The van der Waals surface area contributed by atoms with Crippen molar-refractivity contribution in [2.45, 2.75) is 0 Å². The Bertz CT molecular complexity index is 480. The number of terminal acetylenes is 1. The zero-order chi connectivity index (χ0) is 14.3. The molecule has 0 saturated carbocycles. The Hall–Kier alpha value is -2.26. The summed E-state index contributed by atoms with van der Waals surface area (Å²) in [5.74, 6) is 2.57. The number of hydrogen-bond acceptors (Lipinski definition) is 5. The highest BCUT2D eigenvalue weighted by atomic mass is 16.5. The van der Waals surface area contributed by atoms with Crippen molar-refractivity contribution < 1.29 is 9.53 Å². The molecule has 102 valence electrons. The minimum absolute atomic E-state index is 0.134. The molecule has 0 aromatic carbocycles. The molecule has 19 heavy (non-hydrogen) atoms. The number of aromatic nitrogens is 1. The summed E-state index contributed by atoms with van der Waals surface area (Å²) in [4.78, 5) is 17.7. The highest BCUT2D eigenvalue weighted by molar-refractivity contribution is 5.97. The molecule has 1 aromatic rings. The minimum atomic E-state index is -0.204. The minimum Gasteiger partial charge on any atom is -0.479 e. The molecular formula is C13H18N4O2. The SMILES string of the molecule is C#CCNCC(=O)Nc1c(N(C)C)ccnc1OC. The van der Waals surface area contributed by atoms with Crippen LogP contribution in [0, 0.1) is 12.3 Å². The first-order valence-corrected chi connectivity index (χ1v) is 5.74. The fourth-order valence-electron chi connectivity index (χ4n) is 1.51. The smallest absolute Gasteiger partial charge is 0.239 e. The zero-order valence-corrected chi connectivity index (χ0v) is 11.4. The number of amides is 1. The number of hydrogen-bond donors (Lipinski definition) is 2. The summed E-state index contributed by atoms with van der Waals surface area (Å²) in [5.41, 5.74) is 1.36. The van der Waals surface area contributed by atoms with Crippen LogP contribution in [-0.2, 0) is 4.79 Å². The van der Waals surface area contributed by atoms with Gasteiger partial charge >= 0.3 is 0 Å². The Morgan fingerprint density at radius 2 is 2.32 bits per heavy atom. The average Bonchev–Trinajstić information content (AvgIpc) is 2.39. The Kier molecular flexibility index (Phi) is 5.64. The van der Waals surface area contributed by atoms with Crippen LogP contribution in [-0.4, -0.2) is 45.2 Å². The summed E-state index contributed by atoms with van der Waals surface area (Å²) in [6.07, 6.45) is 6.72. The first kappa shape index (κ1) is 14.8. The monoisotopic (exact) mass is 262 g/mol. The molecule has 0 spiro atoms. The van der Waals surface area contributed by atoms with Gasteiger partial charge in [-0.25, -0.2) is 4.98 Å². The normalized spacial score (nSPS) is 9.58. The average molecular weight is 262 g/mol. The van der Waals surface area contributed by atoms with Gasteiger partial charge in [-0.15, -0.1) is 6.42 Å². The summed E-state index contributed by atoms with van der Waals surface area (Å²) >= 11 is 0. The fourth-order valence-corrected chi connectivity index (χ4v) is 1.51. The highest BCUT2D eigenvalue weighted by Gasteiger charge is 2.14. The van der Waals surface area contributed by atoms with E-state index in [1.54, 1.807) is 12.3 Å². The molecule has 1 amide bonds. The molecule has 0 aliphatic rings. The largest absolute Gasteiger partial charge is 0.479 e. The maximum atomic E-state index is 11.8. The molecule has 1 rings (SSSR count). The number of pyridine rings is 1. The van der Waals surface area contributed by atoms with E-state index in [2.05, 4.69) is 21.5 Å². The van der Waals surface area contributed by atoms with Gasteiger partial charge in [-0.1, -0.05) is 5.92 Å². The van der Waals surface area contributed by atoms with Gasteiger partial charge in [0.15, 0.2) is 0 Å². The van der Waals surface area contributed by atoms with Gasteiger partial charge in [-0.3, -0.25) is 10.1 Å². The molecule has 1 heterocycles. The number of rotatable bonds is 6. The van der Waals surface area contributed by atoms with Gasteiger partial charge in [0.05, 0.1) is 25.9 Å². The second-order valence-corrected chi connectivity index (χ2v) is 3.96. The Balaban J connectivity index is 2.86. The predicted molar refractivity (Wildman–Crippen MR) is 75.4 cm³/mol. The summed E-state index contributed by atoms with van der Waals surface area (Å²) in [5, 5.41) is 5.59. The van der Waals surface area contributed by atoms with Crippen molar-refractivity contribution >= 4 is 17.3 Å². The number of methoxy groups -OCH3 is 1. The van der Waals surface area contributed by atoms with E-state index in [9.17, 15) is 4.79 Å². The molecule has 0 radical (unpaired) electrons. The van der Waals surface area contributed by atoms with Crippen LogP contribution in [0.15, 0.2) is 12.3 Å². The van der Waals surface area contributed by atoms with Crippen molar-refractivity contribution in [1.82, 2.24) is 10.3 Å². The van der Waals surface area contributed by atoms with Crippen molar-refractivity contribution in [3.05, 3.63) is 12.3 Å². The van der Waals surface area contributed by atoms with E-state index < -0.39 is 0 Å². The lowest BCUT2D eigenvalue weighted by Gasteiger charge is -2.19. The number of carbonyl (C=O) groups is 1. The summed E-state index contributed by atoms with van der Waals surface area (Å²) in [6, 6.07) is 1.80. The molecule has 0 unspecified atom stereocenters. The van der Waals surface area contributed by atoms with E-state index >= 15 is 0 Å². The van der Waals surface area contributed by atoms with Crippen molar-refractivity contribution in [3.8, 4) is 18.2 Å². The number of carbonyl (C=O) groups excluding carboxylic acids is 1. The van der Waals surface area contributed by atoms with Crippen LogP contribution in [0.1, 0.15) is 0 Å². The van der Waals surface area contributed by atoms with E-state index in [1.807, 2.05) is 19.0 Å². The van der Waals surface area contributed by atoms with E-state index in [0.29, 0.717) is 18.1 Å². The van der Waals surface area contributed by atoms with Crippen LogP contribution in [0.3, 0.4) is 0 Å². The van der Waals surface area contributed by atoms with Crippen LogP contribution in [0.4, 0.5) is 11.4 Å². The van der Waals surface area contributed by atoms with Gasteiger partial charge in [0.2, 0.25) is 11.8 Å². The van der Waals surface area contributed by atoms with Crippen LogP contribution in [0.2, 0.25) is 0 Å². The molecule has 0 bridgehead atoms. The first-order chi connectivity index (χ1) is 9.10. The molecule has 0 aliphatic heterocycles. The molecule has 0 fully saturated rings. The van der Waals surface area contributed by atoms with Gasteiger partial charge in [-0.2, -0.15) is 0 Å². The third-order valence-electron chi connectivity index (χ3n) is 2.35. The van der Waals surface area contributed by atoms with Gasteiger partial charge < -0.3 is 15.0 Å². The fraction of sp³-hybridized carbons (Fsp3) is 0.385. The van der Waals surface area contributed by atoms with Crippen LogP contribution in [0.25, 0.3) is 0 Å². The maximum absolute atomic E-state index is 11.8. The molecule has 0 aliphatic carbocycles. The third-order valence-corrected chi connectivity index (χ3v) is 2.35. The van der Waals surface area contributed by atoms with Crippen LogP contribution >= 0.6 is 0 Å². The second-order valence-electron chi connectivity index (χ2n) is 3.96. The van der Waals surface area contributed by atoms with Crippen LogP contribution < -0.4 is 20.3 Å². The van der Waals surface area contributed by atoms with Crippen molar-refractivity contribution in [3.63, 3.8) is 0 Å². The Labute approximate surface area is 113 Å². The quantitative estimate of drug-likeness (QED) is 0.571. The number of nitrogens with zero attached hydrogens (tertiary/aromatic N) is 2. The Morgan fingerprint density at radius 1 is 1.58 bits per heavy atom. The van der Waals surface area contributed by atoms with Crippen molar-refractivity contribution in [1.29, 1.82) is 0 Å². The standard InChI is InChI=1S/C13H18N4O2/c1-5-7-14-9-11(18)16-12-10(17(2)3)6-8-15-13(12)19-4/h1,6,8,14H,7,9H2,2-4H3,(H,16,18). The number of ether oxygens (including phenoxy) is 1. The molecule has 2 N–H and O–H groups in total. The lowest BCUT2D eigenvalue weighted by Crippen LogP contribution is -2.29. The molecule has 6 nitrogen and oxygen atoms in total. The number of anilines is 2. The molecule has 1 aromatic heterocycles. The summed E-state index contributed by atoms with van der Waals surface area (Å²) < 4.78 is 5.16. The van der Waals surface area contributed by atoms with E-state index in [1.165, 1.54) is 7.11 Å². The third kappa shape index (κ3) is 4.16. The Morgan fingerprint density at radius 3 is 2.89 bits per heavy atom. The molecule has 0 saturated heterocycles. The predicted octanol–water partition coefficient (Wildman–Crippen LogP) is 0.317. The van der Waals surface area contributed by atoms with Gasteiger partial charge in [-0.05, 0) is 6.07 Å².